The first kappa shape index (κ1) is 19.3. The summed E-state index contributed by atoms with van der Waals surface area (Å²) in [5.41, 5.74) is 0.285. The van der Waals surface area contributed by atoms with Crippen LogP contribution in [0.1, 0.15) is 59.7 Å². The van der Waals surface area contributed by atoms with E-state index in [0.29, 0.717) is 0 Å². The van der Waals surface area contributed by atoms with Crippen LogP contribution in [0.2, 0.25) is 0 Å². The van der Waals surface area contributed by atoms with Crippen LogP contribution in [-0.4, -0.2) is 33.4 Å². The van der Waals surface area contributed by atoms with Crippen molar-refractivity contribution in [2.75, 3.05) is 6.26 Å². The fourth-order valence-electron chi connectivity index (χ4n) is 2.34. The largest absolute Gasteiger partial charge is 0.487 e. The van der Waals surface area contributed by atoms with E-state index < -0.39 is 0 Å². The van der Waals surface area contributed by atoms with Gasteiger partial charge in [0, 0.05) is 12.8 Å². The van der Waals surface area contributed by atoms with Crippen LogP contribution in [0.25, 0.3) is 6.08 Å². The zero-order valence-electron chi connectivity index (χ0n) is 15.7. The molecule has 0 radical (unpaired) electrons. The van der Waals surface area contributed by atoms with E-state index in [1.165, 1.54) is 0 Å². The zero-order valence-corrected chi connectivity index (χ0v) is 16.5. The van der Waals surface area contributed by atoms with Crippen LogP contribution >= 0.6 is 11.8 Å². The molecule has 1 saturated carbocycles. The summed E-state index contributed by atoms with van der Waals surface area (Å²) >= 11 is 1.73. The number of thioether (sulfide) groups is 1. The lowest BCUT2D eigenvalue weighted by atomic mass is 9.91. The third-order valence-electron chi connectivity index (χ3n) is 3.94. The van der Waals surface area contributed by atoms with Crippen LogP contribution < -0.4 is 4.74 Å². The minimum absolute atomic E-state index is 0.125. The SMILES string of the molecule is CSC(C)(C)OC1CC(Oc2cnc(/C=C/CC(C)(C)C)nc2)C1. The molecule has 2 rings (SSSR count). The topological polar surface area (TPSA) is 44.2 Å². The van der Waals surface area contributed by atoms with Crippen molar-refractivity contribution in [1.82, 2.24) is 9.97 Å². The molecule has 0 spiro atoms. The summed E-state index contributed by atoms with van der Waals surface area (Å²) in [5.74, 6) is 1.46. The Morgan fingerprint density at radius 1 is 1.12 bits per heavy atom. The molecule has 24 heavy (non-hydrogen) atoms. The van der Waals surface area contributed by atoms with Gasteiger partial charge in [0.05, 0.1) is 18.5 Å². The van der Waals surface area contributed by atoms with Crippen molar-refractivity contribution in [2.24, 2.45) is 5.41 Å². The first-order valence-electron chi connectivity index (χ1n) is 8.55. The van der Waals surface area contributed by atoms with Gasteiger partial charge in [0.15, 0.2) is 11.6 Å². The Morgan fingerprint density at radius 2 is 1.75 bits per heavy atom. The molecule has 5 heteroatoms. The van der Waals surface area contributed by atoms with Crippen molar-refractivity contribution >= 4 is 17.8 Å². The van der Waals surface area contributed by atoms with E-state index in [9.17, 15) is 0 Å². The molecule has 1 aliphatic rings. The predicted molar refractivity (Wildman–Crippen MR) is 101 cm³/mol. The second-order valence-electron chi connectivity index (χ2n) is 8.00. The van der Waals surface area contributed by atoms with Crippen LogP contribution in [0.4, 0.5) is 0 Å². The number of hydrogen-bond donors (Lipinski definition) is 0. The average Bonchev–Trinajstić information content (AvgIpc) is 2.45. The van der Waals surface area contributed by atoms with Crippen LogP contribution in [0, 0.1) is 5.41 Å². The molecule has 4 nitrogen and oxygen atoms in total. The lowest BCUT2D eigenvalue weighted by molar-refractivity contribution is -0.0978. The molecule has 134 valence electrons. The molecule has 0 saturated heterocycles. The van der Waals surface area contributed by atoms with Crippen LogP contribution in [0.3, 0.4) is 0 Å². The highest BCUT2D eigenvalue weighted by Crippen LogP contribution is 2.34. The van der Waals surface area contributed by atoms with Crippen LogP contribution in [-0.2, 0) is 4.74 Å². The van der Waals surface area contributed by atoms with Gasteiger partial charge >= 0.3 is 0 Å². The molecular formula is C19H30N2O2S. The Kier molecular flexibility index (Phi) is 6.32. The van der Waals surface area contributed by atoms with Gasteiger partial charge in [-0.05, 0) is 38.0 Å². The molecule has 0 N–H and O–H groups in total. The van der Waals surface area contributed by atoms with Gasteiger partial charge in [0.1, 0.15) is 11.0 Å². The van der Waals surface area contributed by atoms with E-state index in [0.717, 1.165) is 30.8 Å². The molecule has 1 aromatic rings. The molecule has 0 aliphatic heterocycles. The highest BCUT2D eigenvalue weighted by Gasteiger charge is 2.35. The van der Waals surface area contributed by atoms with Crippen molar-refractivity contribution in [1.29, 1.82) is 0 Å². The Bertz CT molecular complexity index is 543. The number of rotatable bonds is 7. The molecule has 0 atom stereocenters. The summed E-state index contributed by atoms with van der Waals surface area (Å²) in [7, 11) is 0. The van der Waals surface area contributed by atoms with E-state index >= 15 is 0 Å². The summed E-state index contributed by atoms with van der Waals surface area (Å²) < 4.78 is 11.9. The van der Waals surface area contributed by atoms with E-state index in [4.69, 9.17) is 9.47 Å². The fourth-order valence-corrected chi connectivity index (χ4v) is 2.58. The highest BCUT2D eigenvalue weighted by molar-refractivity contribution is 7.99. The third kappa shape index (κ3) is 6.44. The number of nitrogens with zero attached hydrogens (tertiary/aromatic N) is 2. The summed E-state index contributed by atoms with van der Waals surface area (Å²) in [6, 6.07) is 0. The minimum Gasteiger partial charge on any atom is -0.487 e. The summed E-state index contributed by atoms with van der Waals surface area (Å²) in [4.78, 5) is 8.56. The Hall–Kier alpha value is -1.07. The van der Waals surface area contributed by atoms with Crippen LogP contribution in [0.5, 0.6) is 5.75 Å². The number of allylic oxidation sites excluding steroid dienone is 1. The number of ether oxygens (including phenoxy) is 2. The number of aromatic nitrogens is 2. The molecular weight excluding hydrogens is 320 g/mol. The summed E-state index contributed by atoms with van der Waals surface area (Å²) in [6.07, 6.45) is 13.0. The van der Waals surface area contributed by atoms with E-state index in [-0.39, 0.29) is 22.6 Å². The van der Waals surface area contributed by atoms with Crippen molar-refractivity contribution in [3.05, 3.63) is 24.3 Å². The standard InChI is InChI=1S/C19H30N2O2S/c1-18(2,3)9-7-8-17-20-12-16(13-21-17)22-14-10-15(11-14)23-19(4,5)24-6/h7-8,12-15H,9-11H2,1-6H3/b8-7+. The second-order valence-corrected chi connectivity index (χ2v) is 9.39. The zero-order chi connectivity index (χ0) is 17.8. The van der Waals surface area contributed by atoms with Gasteiger partial charge in [0.2, 0.25) is 0 Å². The van der Waals surface area contributed by atoms with E-state index in [2.05, 4.69) is 56.9 Å². The summed E-state index contributed by atoms with van der Waals surface area (Å²) in [5, 5.41) is 0. The molecule has 0 aromatic carbocycles. The number of hydrogen-bond acceptors (Lipinski definition) is 5. The maximum Gasteiger partial charge on any atom is 0.156 e. The fraction of sp³-hybridized carbons (Fsp3) is 0.684. The van der Waals surface area contributed by atoms with Crippen molar-refractivity contribution in [3.8, 4) is 5.75 Å². The van der Waals surface area contributed by atoms with Gasteiger partial charge in [-0.1, -0.05) is 26.8 Å². The molecule has 1 aliphatic carbocycles. The smallest absolute Gasteiger partial charge is 0.156 e. The van der Waals surface area contributed by atoms with Crippen molar-refractivity contribution in [2.45, 2.75) is 71.0 Å². The van der Waals surface area contributed by atoms with Gasteiger partial charge in [-0.25, -0.2) is 9.97 Å². The maximum absolute atomic E-state index is 6.02. The Balaban J connectivity index is 1.75. The highest BCUT2D eigenvalue weighted by atomic mass is 32.2. The quantitative estimate of drug-likeness (QED) is 0.651. The van der Waals surface area contributed by atoms with Gasteiger partial charge in [-0.3, -0.25) is 0 Å². The third-order valence-corrected chi connectivity index (χ3v) is 5.02. The summed E-state index contributed by atoms with van der Waals surface area (Å²) in [6.45, 7) is 10.8. The van der Waals surface area contributed by atoms with Crippen LogP contribution in [0.15, 0.2) is 18.5 Å². The second kappa shape index (κ2) is 7.87. The maximum atomic E-state index is 6.02. The molecule has 1 aromatic heterocycles. The van der Waals surface area contributed by atoms with E-state index in [1.54, 1.807) is 24.2 Å². The van der Waals surface area contributed by atoms with Gasteiger partial charge < -0.3 is 9.47 Å². The molecule has 0 bridgehead atoms. The van der Waals surface area contributed by atoms with Gasteiger partial charge in [-0.2, -0.15) is 0 Å². The molecule has 0 amide bonds. The van der Waals surface area contributed by atoms with Crippen molar-refractivity contribution in [3.63, 3.8) is 0 Å². The molecule has 1 heterocycles. The first-order valence-corrected chi connectivity index (χ1v) is 9.77. The lowest BCUT2D eigenvalue weighted by Crippen LogP contribution is -2.43. The Morgan fingerprint density at radius 3 is 2.29 bits per heavy atom. The molecule has 1 fully saturated rings. The monoisotopic (exact) mass is 350 g/mol. The normalized spacial score (nSPS) is 21.8. The van der Waals surface area contributed by atoms with Gasteiger partial charge in [-0.15, -0.1) is 11.8 Å². The lowest BCUT2D eigenvalue weighted by Gasteiger charge is -2.39. The Labute approximate surface area is 150 Å². The first-order chi connectivity index (χ1) is 11.2. The van der Waals surface area contributed by atoms with Gasteiger partial charge in [0.25, 0.3) is 0 Å². The predicted octanol–water partition coefficient (Wildman–Crippen LogP) is 4.95. The average molecular weight is 351 g/mol. The van der Waals surface area contributed by atoms with E-state index in [1.807, 2.05) is 6.08 Å². The minimum atomic E-state index is -0.125. The molecule has 0 unspecified atom stereocenters. The van der Waals surface area contributed by atoms with Crippen molar-refractivity contribution < 1.29 is 9.47 Å².